The van der Waals surface area contributed by atoms with Gasteiger partial charge in [0.05, 0.1) is 12.0 Å². The molecule has 86 valence electrons. The number of rotatable bonds is 4. The molecule has 1 N–H and O–H groups in total. The Labute approximate surface area is 93.5 Å². The summed E-state index contributed by atoms with van der Waals surface area (Å²) in [5.74, 6) is 0.125. The first-order chi connectivity index (χ1) is 7.06. The molecule has 0 amide bonds. The molecular formula is C12H23N3. The topological polar surface area (TPSA) is 39.1 Å². The van der Waals surface area contributed by atoms with Gasteiger partial charge in [0.15, 0.2) is 0 Å². The fourth-order valence-corrected chi connectivity index (χ4v) is 1.97. The molecule has 1 heterocycles. The van der Waals surface area contributed by atoms with Gasteiger partial charge in [-0.1, -0.05) is 6.92 Å². The largest absolute Gasteiger partial charge is 0.315 e. The Morgan fingerprint density at radius 1 is 1.47 bits per heavy atom. The summed E-state index contributed by atoms with van der Waals surface area (Å²) < 4.78 is 0. The summed E-state index contributed by atoms with van der Waals surface area (Å²) in [6, 6.07) is 2.25. The molecule has 1 atom stereocenters. The lowest BCUT2D eigenvalue weighted by atomic mass is 9.80. The van der Waals surface area contributed by atoms with E-state index in [1.807, 2.05) is 6.92 Å². The molecule has 0 radical (unpaired) electrons. The summed E-state index contributed by atoms with van der Waals surface area (Å²) in [6.07, 6.45) is 2.52. The predicted molar refractivity (Wildman–Crippen MR) is 62.5 cm³/mol. The molecule has 1 rings (SSSR count). The van der Waals surface area contributed by atoms with Crippen molar-refractivity contribution in [1.82, 2.24) is 10.2 Å². The lowest BCUT2D eigenvalue weighted by molar-refractivity contribution is 0.136. The van der Waals surface area contributed by atoms with Crippen LogP contribution in [0.2, 0.25) is 0 Å². The molecule has 0 aromatic carbocycles. The van der Waals surface area contributed by atoms with E-state index < -0.39 is 0 Å². The summed E-state index contributed by atoms with van der Waals surface area (Å²) in [5.41, 5.74) is 0.432. The number of hydrogen-bond donors (Lipinski definition) is 1. The van der Waals surface area contributed by atoms with Gasteiger partial charge in [-0.15, -0.1) is 0 Å². The Balaban J connectivity index is 2.23. The van der Waals surface area contributed by atoms with Gasteiger partial charge in [-0.3, -0.25) is 0 Å². The van der Waals surface area contributed by atoms with Crippen molar-refractivity contribution in [1.29, 1.82) is 5.26 Å². The summed E-state index contributed by atoms with van der Waals surface area (Å²) in [7, 11) is 2.19. The van der Waals surface area contributed by atoms with Crippen LogP contribution in [0.25, 0.3) is 0 Å². The Morgan fingerprint density at radius 3 is 2.60 bits per heavy atom. The molecule has 1 saturated heterocycles. The maximum atomic E-state index is 8.67. The zero-order valence-electron chi connectivity index (χ0n) is 10.2. The Kier molecular flexibility index (Phi) is 4.56. The molecule has 3 heteroatoms. The minimum absolute atomic E-state index is 0.125. The van der Waals surface area contributed by atoms with Crippen LogP contribution in [0.15, 0.2) is 0 Å². The van der Waals surface area contributed by atoms with Gasteiger partial charge in [0.1, 0.15) is 0 Å². The number of hydrogen-bond acceptors (Lipinski definition) is 3. The molecule has 1 aliphatic rings. The molecule has 3 nitrogen and oxygen atoms in total. The minimum Gasteiger partial charge on any atom is -0.315 e. The Morgan fingerprint density at radius 2 is 2.07 bits per heavy atom. The van der Waals surface area contributed by atoms with Crippen molar-refractivity contribution in [3.8, 4) is 6.07 Å². The maximum absolute atomic E-state index is 8.67. The third-order valence-corrected chi connectivity index (χ3v) is 3.42. The second-order valence-electron chi connectivity index (χ2n) is 5.27. The second-order valence-corrected chi connectivity index (χ2v) is 5.27. The predicted octanol–water partition coefficient (Wildman–Crippen LogP) is 1.47. The second kappa shape index (κ2) is 5.48. The maximum Gasteiger partial charge on any atom is 0.0666 e. The van der Waals surface area contributed by atoms with Gasteiger partial charge in [-0.2, -0.15) is 5.26 Å². The van der Waals surface area contributed by atoms with Gasteiger partial charge in [0.2, 0.25) is 0 Å². The number of piperidine rings is 1. The first kappa shape index (κ1) is 12.5. The summed E-state index contributed by atoms with van der Waals surface area (Å²) in [6.45, 7) is 8.58. The van der Waals surface area contributed by atoms with Crippen LogP contribution in [0.1, 0.15) is 26.7 Å². The molecule has 0 aromatic rings. The van der Waals surface area contributed by atoms with Gasteiger partial charge < -0.3 is 10.2 Å². The highest BCUT2D eigenvalue weighted by molar-refractivity contribution is 4.85. The van der Waals surface area contributed by atoms with Crippen molar-refractivity contribution in [2.75, 3.05) is 33.2 Å². The van der Waals surface area contributed by atoms with E-state index in [4.69, 9.17) is 5.26 Å². The van der Waals surface area contributed by atoms with Crippen LogP contribution in [0, 0.1) is 22.7 Å². The normalized spacial score (nSPS) is 23.3. The number of nitrogens with zero attached hydrogens (tertiary/aromatic N) is 2. The first-order valence-electron chi connectivity index (χ1n) is 5.85. The van der Waals surface area contributed by atoms with Crippen LogP contribution in [0.3, 0.4) is 0 Å². The molecule has 0 aromatic heterocycles. The Bertz CT molecular complexity index is 224. The van der Waals surface area contributed by atoms with E-state index in [0.717, 1.165) is 13.1 Å². The van der Waals surface area contributed by atoms with Crippen LogP contribution < -0.4 is 5.32 Å². The fourth-order valence-electron chi connectivity index (χ4n) is 1.97. The van der Waals surface area contributed by atoms with E-state index in [0.29, 0.717) is 5.41 Å². The lowest BCUT2D eigenvalue weighted by Crippen LogP contribution is -2.42. The van der Waals surface area contributed by atoms with Gasteiger partial charge in [-0.05, 0) is 45.3 Å². The van der Waals surface area contributed by atoms with Crippen LogP contribution in [-0.4, -0.2) is 38.1 Å². The monoisotopic (exact) mass is 209 g/mol. The van der Waals surface area contributed by atoms with Crippen molar-refractivity contribution in [2.24, 2.45) is 11.3 Å². The van der Waals surface area contributed by atoms with E-state index in [1.54, 1.807) is 0 Å². The van der Waals surface area contributed by atoms with Crippen LogP contribution >= 0.6 is 0 Å². The van der Waals surface area contributed by atoms with E-state index in [2.05, 4.69) is 30.3 Å². The average molecular weight is 209 g/mol. The highest BCUT2D eigenvalue weighted by Gasteiger charge is 2.28. The highest BCUT2D eigenvalue weighted by Crippen LogP contribution is 2.29. The van der Waals surface area contributed by atoms with Crippen LogP contribution in [0.4, 0.5) is 0 Å². The average Bonchev–Trinajstić information content (AvgIpc) is 2.23. The van der Waals surface area contributed by atoms with Crippen molar-refractivity contribution >= 4 is 0 Å². The zero-order chi connectivity index (χ0) is 11.3. The number of likely N-dealkylation sites (tertiary alicyclic amines) is 1. The van der Waals surface area contributed by atoms with E-state index in [-0.39, 0.29) is 5.92 Å². The minimum atomic E-state index is 0.125. The lowest BCUT2D eigenvalue weighted by Gasteiger charge is -2.38. The molecule has 0 saturated carbocycles. The molecule has 1 fully saturated rings. The van der Waals surface area contributed by atoms with Crippen molar-refractivity contribution < 1.29 is 0 Å². The van der Waals surface area contributed by atoms with Gasteiger partial charge in [-0.25, -0.2) is 0 Å². The third-order valence-electron chi connectivity index (χ3n) is 3.42. The van der Waals surface area contributed by atoms with Gasteiger partial charge >= 0.3 is 0 Å². The summed E-state index contributed by atoms with van der Waals surface area (Å²) in [5, 5.41) is 12.1. The summed E-state index contributed by atoms with van der Waals surface area (Å²) >= 11 is 0. The molecule has 1 unspecified atom stereocenters. The van der Waals surface area contributed by atoms with E-state index >= 15 is 0 Å². The first-order valence-corrected chi connectivity index (χ1v) is 5.85. The number of nitrogens with one attached hydrogen (secondary N) is 1. The van der Waals surface area contributed by atoms with Crippen molar-refractivity contribution in [3.63, 3.8) is 0 Å². The quantitative estimate of drug-likeness (QED) is 0.762. The van der Waals surface area contributed by atoms with Crippen LogP contribution in [-0.2, 0) is 0 Å². The Hall–Kier alpha value is -0.590. The van der Waals surface area contributed by atoms with E-state index in [1.165, 1.54) is 25.9 Å². The SMILES string of the molecule is CC(C#N)CNCC1(C)CCN(C)CC1. The smallest absolute Gasteiger partial charge is 0.0666 e. The number of nitriles is 1. The van der Waals surface area contributed by atoms with Crippen molar-refractivity contribution in [3.05, 3.63) is 0 Å². The molecule has 0 spiro atoms. The third kappa shape index (κ3) is 4.19. The molecule has 15 heavy (non-hydrogen) atoms. The van der Waals surface area contributed by atoms with E-state index in [9.17, 15) is 0 Å². The van der Waals surface area contributed by atoms with Gasteiger partial charge in [0.25, 0.3) is 0 Å². The zero-order valence-corrected chi connectivity index (χ0v) is 10.2. The van der Waals surface area contributed by atoms with Gasteiger partial charge in [0, 0.05) is 13.1 Å². The summed E-state index contributed by atoms with van der Waals surface area (Å²) in [4.78, 5) is 2.39. The molecular weight excluding hydrogens is 186 g/mol. The standard InChI is InChI=1S/C12H23N3/c1-11(8-13)9-14-10-12(2)4-6-15(3)7-5-12/h11,14H,4-7,9-10H2,1-3H3. The fraction of sp³-hybridized carbons (Fsp3) is 0.917. The molecule has 1 aliphatic heterocycles. The molecule has 0 bridgehead atoms. The molecule has 0 aliphatic carbocycles. The van der Waals surface area contributed by atoms with Crippen LogP contribution in [0.5, 0.6) is 0 Å². The highest BCUT2D eigenvalue weighted by atomic mass is 15.1. The van der Waals surface area contributed by atoms with Crippen molar-refractivity contribution in [2.45, 2.75) is 26.7 Å².